The third-order valence-electron chi connectivity index (χ3n) is 6.61. The number of rotatable bonds is 4. The zero-order chi connectivity index (χ0) is 22.1. The largest absolute Gasteiger partial charge is 0.416 e. The van der Waals surface area contributed by atoms with E-state index in [0.717, 1.165) is 60.0 Å². The predicted molar refractivity (Wildman–Crippen MR) is 115 cm³/mol. The van der Waals surface area contributed by atoms with Gasteiger partial charge in [-0.25, -0.2) is 9.97 Å². The number of nitrogens with one attached hydrogen (secondary N) is 1. The van der Waals surface area contributed by atoms with E-state index in [2.05, 4.69) is 15.1 Å². The van der Waals surface area contributed by atoms with Crippen molar-refractivity contribution in [2.24, 2.45) is 0 Å². The van der Waals surface area contributed by atoms with Crippen LogP contribution in [0.5, 0.6) is 0 Å². The first-order valence-electron chi connectivity index (χ1n) is 11.2. The Balaban J connectivity index is 1.28. The zero-order valence-corrected chi connectivity index (χ0v) is 17.8. The van der Waals surface area contributed by atoms with E-state index in [1.165, 1.54) is 44.2 Å². The molecule has 1 N–H and O–H groups in total. The van der Waals surface area contributed by atoms with Crippen LogP contribution < -0.4 is 0 Å². The van der Waals surface area contributed by atoms with E-state index in [-0.39, 0.29) is 0 Å². The average Bonchev–Trinajstić information content (AvgIpc) is 3.27. The maximum Gasteiger partial charge on any atom is 0.416 e. The molecule has 1 aliphatic heterocycles. The molecule has 2 aliphatic rings. The Bertz CT molecular complexity index is 1070. The molecule has 0 unspecified atom stereocenters. The quantitative estimate of drug-likeness (QED) is 0.582. The van der Waals surface area contributed by atoms with Gasteiger partial charge in [-0.05, 0) is 30.5 Å². The fourth-order valence-corrected chi connectivity index (χ4v) is 4.83. The second-order valence-corrected chi connectivity index (χ2v) is 8.84. The summed E-state index contributed by atoms with van der Waals surface area (Å²) in [5.41, 5.74) is 4.09. The Kier molecular flexibility index (Phi) is 5.71. The van der Waals surface area contributed by atoms with Gasteiger partial charge in [0, 0.05) is 55.0 Å². The van der Waals surface area contributed by atoms with Gasteiger partial charge in [0.2, 0.25) is 0 Å². The normalized spacial score (nSPS) is 18.0. The van der Waals surface area contributed by atoms with Crippen LogP contribution in [0.2, 0.25) is 0 Å². The van der Waals surface area contributed by atoms with Gasteiger partial charge in [0.05, 0.1) is 17.5 Å². The fraction of sp³-hybridized carbons (Fsp3) is 0.458. The van der Waals surface area contributed by atoms with Crippen LogP contribution in [0.15, 0.2) is 36.7 Å². The minimum Gasteiger partial charge on any atom is -0.294 e. The topological polar surface area (TPSA) is 57.7 Å². The summed E-state index contributed by atoms with van der Waals surface area (Å²) in [5, 5.41) is 7.09. The first-order chi connectivity index (χ1) is 15.5. The molecule has 0 atom stereocenters. The number of alkyl halides is 3. The molecule has 1 saturated carbocycles. The Morgan fingerprint density at radius 3 is 2.56 bits per heavy atom. The van der Waals surface area contributed by atoms with Crippen LogP contribution in [-0.2, 0) is 25.7 Å². The molecule has 0 amide bonds. The third kappa shape index (κ3) is 4.41. The summed E-state index contributed by atoms with van der Waals surface area (Å²) in [4.78, 5) is 11.9. The Labute approximate surface area is 185 Å². The number of H-pyrrole nitrogens is 1. The van der Waals surface area contributed by atoms with Gasteiger partial charge >= 0.3 is 6.18 Å². The lowest BCUT2D eigenvalue weighted by Crippen LogP contribution is -2.31. The second-order valence-electron chi connectivity index (χ2n) is 8.84. The number of hydrogen-bond donors (Lipinski definition) is 1. The van der Waals surface area contributed by atoms with Gasteiger partial charge in [0.15, 0.2) is 0 Å². The predicted octanol–water partition coefficient (Wildman–Crippen LogP) is 5.49. The lowest BCUT2D eigenvalue weighted by molar-refractivity contribution is -0.137. The zero-order valence-electron chi connectivity index (χ0n) is 17.8. The number of benzene rings is 1. The van der Waals surface area contributed by atoms with Gasteiger partial charge in [-0.2, -0.15) is 18.3 Å². The van der Waals surface area contributed by atoms with Crippen molar-refractivity contribution in [2.75, 3.05) is 6.54 Å². The molecule has 1 fully saturated rings. The standard InChI is InChI=1S/C24H26F3N5/c25-24(26,27)20-8-6-16(7-9-20)22-19(13-29-31-22)15-32-11-10-21-18(14-32)12-28-23(30-21)17-4-2-1-3-5-17/h6-9,12-13,17H,1-5,10-11,14-15H2,(H,29,31). The minimum atomic E-state index is -4.34. The molecule has 0 bridgehead atoms. The van der Waals surface area contributed by atoms with Gasteiger partial charge in [-0.3, -0.25) is 10.00 Å². The van der Waals surface area contributed by atoms with Gasteiger partial charge in [0.25, 0.3) is 0 Å². The summed E-state index contributed by atoms with van der Waals surface area (Å²) in [6, 6.07) is 5.20. The van der Waals surface area contributed by atoms with E-state index >= 15 is 0 Å². The van der Waals surface area contributed by atoms with Crippen molar-refractivity contribution in [3.8, 4) is 11.3 Å². The van der Waals surface area contributed by atoms with Crippen molar-refractivity contribution < 1.29 is 13.2 Å². The molecule has 168 valence electrons. The molecule has 1 aromatic carbocycles. The van der Waals surface area contributed by atoms with Crippen molar-refractivity contribution in [1.82, 2.24) is 25.1 Å². The van der Waals surface area contributed by atoms with Crippen molar-refractivity contribution in [2.45, 2.75) is 63.7 Å². The van der Waals surface area contributed by atoms with Gasteiger partial charge < -0.3 is 0 Å². The monoisotopic (exact) mass is 441 g/mol. The number of aromatic nitrogens is 4. The lowest BCUT2D eigenvalue weighted by atomic mass is 9.88. The minimum absolute atomic E-state index is 0.504. The van der Waals surface area contributed by atoms with Crippen LogP contribution in [0.25, 0.3) is 11.3 Å². The molecule has 3 heterocycles. The van der Waals surface area contributed by atoms with Crippen LogP contribution in [0.4, 0.5) is 13.2 Å². The molecule has 0 spiro atoms. The Morgan fingerprint density at radius 2 is 1.81 bits per heavy atom. The van der Waals surface area contributed by atoms with Gasteiger partial charge in [-0.1, -0.05) is 31.4 Å². The van der Waals surface area contributed by atoms with E-state index in [0.29, 0.717) is 18.0 Å². The third-order valence-corrected chi connectivity index (χ3v) is 6.61. The smallest absolute Gasteiger partial charge is 0.294 e. The van der Waals surface area contributed by atoms with Crippen LogP contribution in [0, 0.1) is 0 Å². The van der Waals surface area contributed by atoms with Crippen molar-refractivity contribution in [3.05, 3.63) is 64.9 Å². The molecule has 1 aliphatic carbocycles. The van der Waals surface area contributed by atoms with E-state index in [9.17, 15) is 13.2 Å². The number of fused-ring (bicyclic) bond motifs is 1. The van der Waals surface area contributed by atoms with Crippen molar-refractivity contribution in [3.63, 3.8) is 0 Å². The highest BCUT2D eigenvalue weighted by atomic mass is 19.4. The summed E-state index contributed by atoms with van der Waals surface area (Å²) < 4.78 is 38.6. The summed E-state index contributed by atoms with van der Waals surface area (Å²) in [6.07, 6.45) is 6.53. The van der Waals surface area contributed by atoms with Crippen molar-refractivity contribution in [1.29, 1.82) is 0 Å². The first-order valence-corrected chi connectivity index (χ1v) is 11.2. The summed E-state index contributed by atoms with van der Waals surface area (Å²) >= 11 is 0. The second kappa shape index (κ2) is 8.65. The number of nitrogens with zero attached hydrogens (tertiary/aromatic N) is 4. The van der Waals surface area contributed by atoms with Gasteiger partial charge in [0.1, 0.15) is 5.82 Å². The first kappa shape index (κ1) is 21.1. The molecule has 0 saturated heterocycles. The van der Waals surface area contributed by atoms with Crippen LogP contribution >= 0.6 is 0 Å². The Hall–Kier alpha value is -2.74. The highest BCUT2D eigenvalue weighted by Gasteiger charge is 2.30. The molecular formula is C24H26F3N5. The fourth-order valence-electron chi connectivity index (χ4n) is 4.83. The van der Waals surface area contributed by atoms with Gasteiger partial charge in [-0.15, -0.1) is 0 Å². The summed E-state index contributed by atoms with van der Waals surface area (Å²) in [6.45, 7) is 2.31. The lowest BCUT2D eigenvalue weighted by Gasteiger charge is -2.29. The van der Waals surface area contributed by atoms with E-state index < -0.39 is 11.7 Å². The maximum atomic E-state index is 12.9. The van der Waals surface area contributed by atoms with Crippen LogP contribution in [0.1, 0.15) is 66.2 Å². The molecular weight excluding hydrogens is 415 g/mol. The molecule has 2 aromatic heterocycles. The number of halogens is 3. The number of aromatic amines is 1. The number of hydrogen-bond acceptors (Lipinski definition) is 4. The van der Waals surface area contributed by atoms with Crippen LogP contribution in [-0.4, -0.2) is 31.6 Å². The summed E-state index contributed by atoms with van der Waals surface area (Å²) in [5.74, 6) is 1.51. The van der Waals surface area contributed by atoms with E-state index in [1.807, 2.05) is 6.20 Å². The molecule has 8 heteroatoms. The molecule has 3 aromatic rings. The maximum absolute atomic E-state index is 12.9. The van der Waals surface area contributed by atoms with Crippen LogP contribution in [0.3, 0.4) is 0 Å². The molecule has 5 nitrogen and oxygen atoms in total. The Morgan fingerprint density at radius 1 is 1.03 bits per heavy atom. The van der Waals surface area contributed by atoms with E-state index in [1.54, 1.807) is 6.20 Å². The summed E-state index contributed by atoms with van der Waals surface area (Å²) in [7, 11) is 0. The highest BCUT2D eigenvalue weighted by Crippen LogP contribution is 2.33. The molecule has 5 rings (SSSR count). The molecule has 0 radical (unpaired) electrons. The highest BCUT2D eigenvalue weighted by molar-refractivity contribution is 5.63. The van der Waals surface area contributed by atoms with E-state index in [4.69, 9.17) is 9.97 Å². The average molecular weight is 442 g/mol. The molecule has 32 heavy (non-hydrogen) atoms. The van der Waals surface area contributed by atoms with Crippen molar-refractivity contribution >= 4 is 0 Å². The SMILES string of the molecule is FC(F)(F)c1ccc(-c2[nH]ncc2CN2CCc3nc(C4CCCCC4)ncc3C2)cc1.